The Morgan fingerprint density at radius 2 is 1.66 bits per heavy atom. The van der Waals surface area contributed by atoms with Crippen molar-refractivity contribution in [1.29, 1.82) is 0 Å². The lowest BCUT2D eigenvalue weighted by Crippen LogP contribution is -2.30. The Bertz CT molecular complexity index is 1390. The molecular weight excluding hydrogens is 446 g/mol. The van der Waals surface area contributed by atoms with E-state index in [-0.39, 0.29) is 29.5 Å². The normalized spacial score (nSPS) is 11.6. The average molecular weight is 472 g/mol. The molecule has 0 radical (unpaired) electrons. The van der Waals surface area contributed by atoms with Gasteiger partial charge in [0.2, 0.25) is 0 Å². The van der Waals surface area contributed by atoms with E-state index in [2.05, 4.69) is 12.2 Å². The second-order valence-corrected chi connectivity index (χ2v) is 8.01. The molecule has 4 rings (SSSR count). The minimum Gasteiger partial charge on any atom is -0.482 e. The number of amides is 1. The Morgan fingerprint density at radius 3 is 2.37 bits per heavy atom. The molecule has 0 aliphatic rings. The van der Waals surface area contributed by atoms with E-state index in [1.54, 1.807) is 24.3 Å². The van der Waals surface area contributed by atoms with E-state index in [0.717, 1.165) is 12.0 Å². The van der Waals surface area contributed by atoms with Crippen LogP contribution in [0.25, 0.3) is 11.0 Å². The summed E-state index contributed by atoms with van der Waals surface area (Å²) in [7, 11) is 0. The molecule has 0 saturated heterocycles. The van der Waals surface area contributed by atoms with Gasteiger partial charge in [-0.1, -0.05) is 49.4 Å². The number of nitrogens with one attached hydrogen (secondary N) is 1. The van der Waals surface area contributed by atoms with Crippen molar-refractivity contribution in [2.24, 2.45) is 0 Å². The zero-order valence-corrected chi connectivity index (χ0v) is 19.4. The fourth-order valence-corrected chi connectivity index (χ4v) is 3.54. The van der Waals surface area contributed by atoms with Crippen LogP contribution in [0.3, 0.4) is 0 Å². The first-order chi connectivity index (χ1) is 16.9. The molecule has 0 fully saturated rings. The molecule has 1 heterocycles. The van der Waals surface area contributed by atoms with Gasteiger partial charge in [-0.15, -0.1) is 0 Å². The third-order valence-corrected chi connectivity index (χ3v) is 5.52. The van der Waals surface area contributed by atoms with Crippen molar-refractivity contribution in [1.82, 2.24) is 5.32 Å². The summed E-state index contributed by atoms with van der Waals surface area (Å²) in [6.45, 7) is 3.62. The highest BCUT2D eigenvalue weighted by Crippen LogP contribution is 2.21. The number of rotatable bonds is 8. The zero-order valence-electron chi connectivity index (χ0n) is 19.4. The molecule has 35 heavy (non-hydrogen) atoms. The van der Waals surface area contributed by atoms with Gasteiger partial charge in [-0.05, 0) is 54.8 Å². The predicted octanol–water partition coefficient (Wildman–Crippen LogP) is 4.83. The number of fused-ring (bicyclic) bond motifs is 1. The first-order valence-corrected chi connectivity index (χ1v) is 11.3. The summed E-state index contributed by atoms with van der Waals surface area (Å²) in [6, 6.07) is 22.7. The SMILES string of the molecule is CCc1ccc(OCC(=O)Oc2ccc3cc(C(=O)NC(C)c4ccccc4)c(=O)oc3c2)cc1. The number of aryl methyl sites for hydroxylation is 1. The fourth-order valence-electron chi connectivity index (χ4n) is 3.54. The van der Waals surface area contributed by atoms with Crippen LogP contribution in [0, 0.1) is 0 Å². The van der Waals surface area contributed by atoms with Crippen LogP contribution < -0.4 is 20.4 Å². The van der Waals surface area contributed by atoms with Crippen LogP contribution in [0.2, 0.25) is 0 Å². The van der Waals surface area contributed by atoms with E-state index in [9.17, 15) is 14.4 Å². The minimum atomic E-state index is -0.780. The minimum absolute atomic E-state index is 0.104. The third-order valence-electron chi connectivity index (χ3n) is 5.52. The van der Waals surface area contributed by atoms with E-state index in [1.807, 2.05) is 49.4 Å². The largest absolute Gasteiger partial charge is 0.482 e. The molecule has 0 saturated carbocycles. The first kappa shape index (κ1) is 23.8. The molecule has 1 unspecified atom stereocenters. The summed E-state index contributed by atoms with van der Waals surface area (Å²) in [5.41, 5.74) is 1.40. The summed E-state index contributed by atoms with van der Waals surface area (Å²) in [5, 5.41) is 3.33. The maximum atomic E-state index is 12.7. The molecule has 178 valence electrons. The molecule has 0 bridgehead atoms. The van der Waals surface area contributed by atoms with E-state index >= 15 is 0 Å². The molecule has 4 aromatic rings. The van der Waals surface area contributed by atoms with Gasteiger partial charge < -0.3 is 19.2 Å². The van der Waals surface area contributed by atoms with Crippen molar-refractivity contribution >= 4 is 22.8 Å². The molecule has 1 amide bonds. The van der Waals surface area contributed by atoms with Gasteiger partial charge in [0.05, 0.1) is 6.04 Å². The molecule has 1 aromatic heterocycles. The predicted molar refractivity (Wildman–Crippen MR) is 132 cm³/mol. The summed E-state index contributed by atoms with van der Waals surface area (Å²) in [5.74, 6) is -0.365. The molecule has 7 nitrogen and oxygen atoms in total. The lowest BCUT2D eigenvalue weighted by atomic mass is 10.1. The van der Waals surface area contributed by atoms with Crippen LogP contribution in [0.15, 0.2) is 88.1 Å². The Balaban J connectivity index is 1.41. The maximum Gasteiger partial charge on any atom is 0.349 e. The Hall–Kier alpha value is -4.39. The van der Waals surface area contributed by atoms with Crippen LogP contribution in [0.1, 0.15) is 41.4 Å². The molecule has 3 aromatic carbocycles. The lowest BCUT2D eigenvalue weighted by molar-refractivity contribution is -0.136. The van der Waals surface area contributed by atoms with Gasteiger partial charge in [0.1, 0.15) is 22.6 Å². The highest BCUT2D eigenvalue weighted by molar-refractivity contribution is 5.97. The smallest absolute Gasteiger partial charge is 0.349 e. The second-order valence-electron chi connectivity index (χ2n) is 8.01. The molecular formula is C28H25NO6. The Morgan fingerprint density at radius 1 is 0.943 bits per heavy atom. The van der Waals surface area contributed by atoms with Crippen molar-refractivity contribution in [2.45, 2.75) is 26.3 Å². The molecule has 0 spiro atoms. The van der Waals surface area contributed by atoms with Gasteiger partial charge in [0.25, 0.3) is 5.91 Å². The number of benzene rings is 3. The molecule has 1 N–H and O–H groups in total. The van der Waals surface area contributed by atoms with Gasteiger partial charge in [-0.3, -0.25) is 4.79 Å². The fraction of sp³-hybridized carbons (Fsp3) is 0.179. The Kier molecular flexibility index (Phi) is 7.26. The first-order valence-electron chi connectivity index (χ1n) is 11.3. The van der Waals surface area contributed by atoms with Crippen molar-refractivity contribution < 1.29 is 23.5 Å². The van der Waals surface area contributed by atoms with E-state index in [0.29, 0.717) is 11.1 Å². The van der Waals surface area contributed by atoms with Gasteiger partial charge >= 0.3 is 11.6 Å². The maximum absolute atomic E-state index is 12.7. The highest BCUT2D eigenvalue weighted by atomic mass is 16.6. The number of ether oxygens (including phenoxy) is 2. The quantitative estimate of drug-likeness (QED) is 0.225. The van der Waals surface area contributed by atoms with Crippen LogP contribution in [-0.4, -0.2) is 18.5 Å². The number of hydrogen-bond donors (Lipinski definition) is 1. The van der Waals surface area contributed by atoms with E-state index < -0.39 is 17.5 Å². The summed E-state index contributed by atoms with van der Waals surface area (Å²) in [6.07, 6.45) is 0.916. The number of hydrogen-bond acceptors (Lipinski definition) is 6. The molecule has 1 atom stereocenters. The molecule has 7 heteroatoms. The molecule has 0 aliphatic carbocycles. The van der Waals surface area contributed by atoms with Crippen LogP contribution in [0.5, 0.6) is 11.5 Å². The van der Waals surface area contributed by atoms with Crippen molar-refractivity contribution in [3.8, 4) is 11.5 Å². The van der Waals surface area contributed by atoms with Gasteiger partial charge in [0, 0.05) is 11.5 Å². The van der Waals surface area contributed by atoms with Gasteiger partial charge in [-0.2, -0.15) is 0 Å². The molecule has 0 aliphatic heterocycles. The average Bonchev–Trinajstić information content (AvgIpc) is 2.87. The number of carbonyl (C=O) groups excluding carboxylic acids is 2. The van der Waals surface area contributed by atoms with Crippen LogP contribution >= 0.6 is 0 Å². The van der Waals surface area contributed by atoms with Gasteiger partial charge in [-0.25, -0.2) is 9.59 Å². The second kappa shape index (κ2) is 10.7. The van der Waals surface area contributed by atoms with Crippen molar-refractivity contribution in [3.05, 3.63) is 106 Å². The summed E-state index contributed by atoms with van der Waals surface area (Å²) in [4.78, 5) is 37.3. The monoisotopic (exact) mass is 471 g/mol. The summed E-state index contributed by atoms with van der Waals surface area (Å²) < 4.78 is 16.1. The van der Waals surface area contributed by atoms with Crippen LogP contribution in [-0.2, 0) is 11.2 Å². The highest BCUT2D eigenvalue weighted by Gasteiger charge is 2.17. The van der Waals surface area contributed by atoms with Crippen LogP contribution in [0.4, 0.5) is 0 Å². The zero-order chi connectivity index (χ0) is 24.8. The Labute approximate surface area is 202 Å². The third kappa shape index (κ3) is 5.95. The lowest BCUT2D eigenvalue weighted by Gasteiger charge is -2.14. The van der Waals surface area contributed by atoms with E-state index in [4.69, 9.17) is 13.9 Å². The van der Waals surface area contributed by atoms with Crippen molar-refractivity contribution in [3.63, 3.8) is 0 Å². The number of carbonyl (C=O) groups is 2. The standard InChI is InChI=1S/C28H25NO6/c1-3-19-9-12-22(13-10-19)33-17-26(30)34-23-14-11-21-15-24(28(32)35-25(21)16-23)27(31)29-18(2)20-7-5-4-6-8-20/h4-16,18H,3,17H2,1-2H3,(H,29,31). The van der Waals surface area contributed by atoms with Crippen molar-refractivity contribution in [2.75, 3.05) is 6.61 Å². The van der Waals surface area contributed by atoms with Gasteiger partial charge in [0.15, 0.2) is 6.61 Å². The topological polar surface area (TPSA) is 94.8 Å². The number of esters is 1. The summed E-state index contributed by atoms with van der Waals surface area (Å²) >= 11 is 0. The van der Waals surface area contributed by atoms with E-state index in [1.165, 1.54) is 17.7 Å².